The molecule has 1 heterocycles. The van der Waals surface area contributed by atoms with E-state index in [4.69, 9.17) is 9.47 Å². The maximum absolute atomic E-state index is 11.4. The molecule has 0 spiro atoms. The molecular formula is C20H18O4. The third-order valence-electron chi connectivity index (χ3n) is 5.55. The fourth-order valence-corrected chi connectivity index (χ4v) is 4.53. The van der Waals surface area contributed by atoms with Gasteiger partial charge in [-0.3, -0.25) is 0 Å². The zero-order valence-corrected chi connectivity index (χ0v) is 13.5. The van der Waals surface area contributed by atoms with E-state index >= 15 is 0 Å². The van der Waals surface area contributed by atoms with E-state index in [1.807, 2.05) is 31.2 Å². The van der Waals surface area contributed by atoms with Gasteiger partial charge in [-0.15, -0.1) is 0 Å². The minimum atomic E-state index is -1.40. The molecule has 1 unspecified atom stereocenters. The lowest BCUT2D eigenvalue weighted by Crippen LogP contribution is -2.47. The molecule has 122 valence electrons. The molecule has 0 saturated carbocycles. The molecule has 2 aromatic carbocycles. The van der Waals surface area contributed by atoms with E-state index in [2.05, 4.69) is 6.07 Å². The minimum Gasteiger partial charge on any atom is -0.496 e. The third kappa shape index (κ3) is 1.50. The summed E-state index contributed by atoms with van der Waals surface area (Å²) in [6.07, 6.45) is 2.21. The Labute approximate surface area is 140 Å². The fraction of sp³-hybridized carbons (Fsp3) is 0.300. The Hall–Kier alpha value is -2.30. The standard InChI is InChI=1S/C20H18O4/c1-10-8-11-6-7-20(22)17-15(11)14(9-10)24-18(17)12-4-3-5-13(23-2)16(12)19(20)21/h3-9,17-19,21-22H,1-2H3/t17-,18?,19+,20+/m1/s1. The molecule has 2 aliphatic carbocycles. The van der Waals surface area contributed by atoms with Gasteiger partial charge in [0.1, 0.15) is 29.3 Å². The highest BCUT2D eigenvalue weighted by atomic mass is 16.5. The highest BCUT2D eigenvalue weighted by molar-refractivity contribution is 5.70. The van der Waals surface area contributed by atoms with Gasteiger partial charge in [0.15, 0.2) is 0 Å². The van der Waals surface area contributed by atoms with Crippen molar-refractivity contribution in [3.05, 3.63) is 64.2 Å². The molecule has 4 heteroatoms. The first-order valence-corrected chi connectivity index (χ1v) is 8.12. The summed E-state index contributed by atoms with van der Waals surface area (Å²) < 4.78 is 11.7. The van der Waals surface area contributed by atoms with E-state index in [1.165, 1.54) is 0 Å². The van der Waals surface area contributed by atoms with Gasteiger partial charge in [0.2, 0.25) is 0 Å². The number of aryl methyl sites for hydroxylation is 1. The topological polar surface area (TPSA) is 58.9 Å². The fourth-order valence-electron chi connectivity index (χ4n) is 4.53. The number of methoxy groups -OCH3 is 1. The van der Waals surface area contributed by atoms with Gasteiger partial charge in [0.05, 0.1) is 13.0 Å². The van der Waals surface area contributed by atoms with Crippen molar-refractivity contribution in [1.29, 1.82) is 0 Å². The van der Waals surface area contributed by atoms with Crippen LogP contribution in [0.5, 0.6) is 11.5 Å². The number of rotatable bonds is 1. The normalized spacial score (nSPS) is 31.2. The van der Waals surface area contributed by atoms with Crippen LogP contribution in [0, 0.1) is 6.92 Å². The molecule has 24 heavy (non-hydrogen) atoms. The molecule has 3 aliphatic rings. The van der Waals surface area contributed by atoms with Crippen LogP contribution in [0.3, 0.4) is 0 Å². The molecule has 0 bridgehead atoms. The molecule has 0 amide bonds. The summed E-state index contributed by atoms with van der Waals surface area (Å²) in [5, 5.41) is 22.4. The maximum Gasteiger partial charge on any atom is 0.134 e. The summed E-state index contributed by atoms with van der Waals surface area (Å²) in [7, 11) is 1.57. The van der Waals surface area contributed by atoms with E-state index in [-0.39, 0.29) is 12.0 Å². The smallest absolute Gasteiger partial charge is 0.134 e. The largest absolute Gasteiger partial charge is 0.496 e. The van der Waals surface area contributed by atoms with Crippen molar-refractivity contribution in [2.75, 3.05) is 7.11 Å². The van der Waals surface area contributed by atoms with Gasteiger partial charge in [-0.25, -0.2) is 0 Å². The SMILES string of the molecule is COc1cccc2c1[C@H](O)[C@]1(O)C=Cc3cc(C)cc4c3[C@@H]1C2O4. The summed E-state index contributed by atoms with van der Waals surface area (Å²) in [4.78, 5) is 0. The first-order valence-electron chi connectivity index (χ1n) is 8.12. The van der Waals surface area contributed by atoms with Crippen molar-refractivity contribution in [2.45, 2.75) is 30.7 Å². The van der Waals surface area contributed by atoms with Crippen molar-refractivity contribution in [1.82, 2.24) is 0 Å². The van der Waals surface area contributed by atoms with E-state index in [0.29, 0.717) is 11.3 Å². The maximum atomic E-state index is 11.4. The van der Waals surface area contributed by atoms with Crippen molar-refractivity contribution >= 4 is 6.08 Å². The van der Waals surface area contributed by atoms with Crippen LogP contribution < -0.4 is 9.47 Å². The molecule has 0 aromatic heterocycles. The van der Waals surface area contributed by atoms with E-state index in [0.717, 1.165) is 28.0 Å². The van der Waals surface area contributed by atoms with Gasteiger partial charge in [-0.2, -0.15) is 0 Å². The lowest BCUT2D eigenvalue weighted by Gasteiger charge is -2.45. The van der Waals surface area contributed by atoms with E-state index in [1.54, 1.807) is 19.3 Å². The Kier molecular flexibility index (Phi) is 2.58. The Balaban J connectivity index is 1.83. The summed E-state index contributed by atoms with van der Waals surface area (Å²) in [6, 6.07) is 9.74. The number of aliphatic hydroxyl groups is 2. The second-order valence-electron chi connectivity index (χ2n) is 6.87. The highest BCUT2D eigenvalue weighted by Gasteiger charge is 2.59. The number of hydrogen-bond acceptors (Lipinski definition) is 4. The molecule has 0 saturated heterocycles. The predicted molar refractivity (Wildman–Crippen MR) is 89.2 cm³/mol. The number of aliphatic hydroxyl groups excluding tert-OH is 1. The molecule has 5 rings (SSSR count). The summed E-state index contributed by atoms with van der Waals surface area (Å²) >= 11 is 0. The van der Waals surface area contributed by atoms with Gasteiger partial charge in [-0.1, -0.05) is 24.3 Å². The third-order valence-corrected chi connectivity index (χ3v) is 5.55. The van der Waals surface area contributed by atoms with Crippen LogP contribution in [0.2, 0.25) is 0 Å². The van der Waals surface area contributed by atoms with Gasteiger partial charge < -0.3 is 19.7 Å². The lowest BCUT2D eigenvalue weighted by molar-refractivity contribution is -0.0881. The van der Waals surface area contributed by atoms with Gasteiger partial charge in [0.25, 0.3) is 0 Å². The molecule has 2 N–H and O–H groups in total. The number of fused-ring (bicyclic) bond motifs is 2. The monoisotopic (exact) mass is 322 g/mol. The Morgan fingerprint density at radius 3 is 2.83 bits per heavy atom. The molecule has 4 nitrogen and oxygen atoms in total. The quantitative estimate of drug-likeness (QED) is 0.847. The predicted octanol–water partition coefficient (Wildman–Crippen LogP) is 3.03. The number of benzene rings is 2. The number of ether oxygens (including phenoxy) is 2. The average Bonchev–Trinajstić information content (AvgIpc) is 2.97. The molecule has 1 aliphatic heterocycles. The Morgan fingerprint density at radius 1 is 1.21 bits per heavy atom. The molecular weight excluding hydrogens is 304 g/mol. The molecule has 0 fully saturated rings. The molecule has 4 atom stereocenters. The zero-order chi connectivity index (χ0) is 16.6. The first-order chi connectivity index (χ1) is 11.5. The van der Waals surface area contributed by atoms with Crippen LogP contribution in [0.1, 0.15) is 45.9 Å². The van der Waals surface area contributed by atoms with Crippen molar-refractivity contribution in [3.8, 4) is 11.5 Å². The minimum absolute atomic E-state index is 0.317. The summed E-state index contributed by atoms with van der Waals surface area (Å²) in [5.41, 5.74) is 3.25. The Bertz CT molecular complexity index is 901. The van der Waals surface area contributed by atoms with Gasteiger partial charge in [0, 0.05) is 16.7 Å². The average molecular weight is 322 g/mol. The van der Waals surface area contributed by atoms with Crippen LogP contribution in [-0.2, 0) is 0 Å². The van der Waals surface area contributed by atoms with Crippen LogP contribution >= 0.6 is 0 Å². The van der Waals surface area contributed by atoms with Crippen LogP contribution in [0.4, 0.5) is 0 Å². The molecule has 2 aromatic rings. The Morgan fingerprint density at radius 2 is 2.04 bits per heavy atom. The van der Waals surface area contributed by atoms with Crippen molar-refractivity contribution in [3.63, 3.8) is 0 Å². The van der Waals surface area contributed by atoms with Crippen LogP contribution in [-0.4, -0.2) is 22.9 Å². The second-order valence-corrected chi connectivity index (χ2v) is 6.87. The van der Waals surface area contributed by atoms with Crippen LogP contribution in [0.25, 0.3) is 6.08 Å². The summed E-state index contributed by atoms with van der Waals surface area (Å²) in [5.74, 6) is 1.05. The lowest BCUT2D eigenvalue weighted by atomic mass is 9.64. The highest BCUT2D eigenvalue weighted by Crippen LogP contribution is 2.63. The second kappa shape index (κ2) is 4.41. The van der Waals surface area contributed by atoms with E-state index in [9.17, 15) is 10.2 Å². The summed E-state index contributed by atoms with van der Waals surface area (Å²) in [6.45, 7) is 2.03. The van der Waals surface area contributed by atoms with Gasteiger partial charge in [-0.05, 0) is 36.3 Å². The number of hydrogen-bond donors (Lipinski definition) is 2. The molecule has 0 radical (unpaired) electrons. The first kappa shape index (κ1) is 14.1. The van der Waals surface area contributed by atoms with Crippen molar-refractivity contribution < 1.29 is 19.7 Å². The van der Waals surface area contributed by atoms with Gasteiger partial charge >= 0.3 is 0 Å². The van der Waals surface area contributed by atoms with Crippen molar-refractivity contribution in [2.24, 2.45) is 0 Å². The van der Waals surface area contributed by atoms with E-state index < -0.39 is 11.7 Å². The zero-order valence-electron chi connectivity index (χ0n) is 13.5. The van der Waals surface area contributed by atoms with Crippen LogP contribution in [0.15, 0.2) is 36.4 Å².